The number of para-hydroxylation sites is 2. The molecule has 0 aliphatic heterocycles. The van der Waals surface area contributed by atoms with Crippen LogP contribution in [0, 0.1) is 0 Å². The topological polar surface area (TPSA) is 29.5 Å². The number of allylic oxidation sites excluding steroid dienone is 4. The van der Waals surface area contributed by atoms with Gasteiger partial charge in [0.25, 0.3) is 0 Å². The molecule has 0 saturated heterocycles. The van der Waals surface area contributed by atoms with Crippen LogP contribution in [-0.4, -0.2) is 0 Å². The minimum atomic E-state index is 0.862. The molecule has 52 heavy (non-hydrogen) atoms. The van der Waals surface area contributed by atoms with Crippen molar-refractivity contribution in [1.82, 2.24) is 0 Å². The minimum absolute atomic E-state index is 0.862. The molecule has 1 aliphatic carbocycles. The lowest BCUT2D eigenvalue weighted by Gasteiger charge is -2.30. The normalized spacial score (nSPS) is 13.5. The minimum Gasteiger partial charge on any atom is -0.456 e. The van der Waals surface area contributed by atoms with Crippen LogP contribution < -0.4 is 4.90 Å². The van der Waals surface area contributed by atoms with Crippen LogP contribution in [0.1, 0.15) is 18.4 Å². The fourth-order valence-corrected chi connectivity index (χ4v) is 9.44. The summed E-state index contributed by atoms with van der Waals surface area (Å²) in [5.74, 6) is 0. The number of benzene rings is 7. The van der Waals surface area contributed by atoms with Crippen molar-refractivity contribution < 1.29 is 8.83 Å². The Morgan fingerprint density at radius 1 is 0.481 bits per heavy atom. The number of hydrogen-bond acceptors (Lipinski definition) is 4. The molecule has 0 radical (unpaired) electrons. The van der Waals surface area contributed by atoms with Gasteiger partial charge in [-0.2, -0.15) is 0 Å². The van der Waals surface area contributed by atoms with Crippen LogP contribution in [0.3, 0.4) is 0 Å². The van der Waals surface area contributed by atoms with Gasteiger partial charge in [0.05, 0.1) is 16.1 Å². The van der Waals surface area contributed by atoms with Crippen LogP contribution in [0.4, 0.5) is 11.4 Å². The maximum Gasteiger partial charge on any atom is 0.159 e. The second-order valence-corrected chi connectivity index (χ2v) is 14.6. The molecule has 0 bridgehead atoms. The Bertz CT molecular complexity index is 3070. The average Bonchev–Trinajstić information content (AvgIpc) is 3.90. The molecule has 3 heterocycles. The van der Waals surface area contributed by atoms with E-state index in [1.54, 1.807) is 0 Å². The van der Waals surface area contributed by atoms with E-state index in [1.807, 2.05) is 23.5 Å². The summed E-state index contributed by atoms with van der Waals surface area (Å²) in [5.41, 5.74) is 11.7. The molecular formula is C48H31NO2S. The molecule has 0 spiro atoms. The van der Waals surface area contributed by atoms with Gasteiger partial charge >= 0.3 is 0 Å². The fraction of sp³-hybridized carbons (Fsp3) is 0.0417. The molecule has 0 atom stereocenters. The van der Waals surface area contributed by atoms with Gasteiger partial charge in [-0.15, -0.1) is 11.3 Å². The van der Waals surface area contributed by atoms with Crippen molar-refractivity contribution >= 4 is 92.3 Å². The van der Waals surface area contributed by atoms with Gasteiger partial charge in [0.1, 0.15) is 16.7 Å². The lowest BCUT2D eigenvalue weighted by Crippen LogP contribution is -2.18. The number of nitrogens with zero attached hydrogens (tertiary/aromatic N) is 1. The molecule has 1 aliphatic rings. The monoisotopic (exact) mass is 685 g/mol. The summed E-state index contributed by atoms with van der Waals surface area (Å²) in [5, 5.41) is 6.84. The second-order valence-electron chi connectivity index (χ2n) is 13.5. The Morgan fingerprint density at radius 2 is 1.17 bits per heavy atom. The zero-order valence-corrected chi connectivity index (χ0v) is 29.0. The third-order valence-electron chi connectivity index (χ3n) is 10.6. The molecule has 246 valence electrons. The molecule has 3 nitrogen and oxygen atoms in total. The zero-order valence-electron chi connectivity index (χ0n) is 28.2. The van der Waals surface area contributed by atoms with Crippen LogP contribution in [0.25, 0.3) is 80.7 Å². The second kappa shape index (κ2) is 11.6. The molecule has 3 aromatic heterocycles. The van der Waals surface area contributed by atoms with Gasteiger partial charge < -0.3 is 13.7 Å². The Kier molecular flexibility index (Phi) is 6.55. The van der Waals surface area contributed by atoms with E-state index in [-0.39, 0.29) is 0 Å². The summed E-state index contributed by atoms with van der Waals surface area (Å²) in [6.07, 6.45) is 6.46. The third kappa shape index (κ3) is 4.44. The van der Waals surface area contributed by atoms with Crippen LogP contribution in [0.5, 0.6) is 0 Å². The molecule has 0 amide bonds. The summed E-state index contributed by atoms with van der Waals surface area (Å²) in [7, 11) is 0. The van der Waals surface area contributed by atoms with Gasteiger partial charge in [0, 0.05) is 48.3 Å². The van der Waals surface area contributed by atoms with Crippen molar-refractivity contribution in [3.8, 4) is 11.1 Å². The Morgan fingerprint density at radius 3 is 1.98 bits per heavy atom. The SMILES string of the molecule is C1=C(c2ccccc2)CCC(N(c2cccc3c2oc2c(-c4ccccc4)c4c(cc23)oc2ccccc24)c2cccc3c2sc2ccccc23)=C1. The highest BCUT2D eigenvalue weighted by atomic mass is 32.1. The van der Waals surface area contributed by atoms with E-state index in [0.717, 1.165) is 79.2 Å². The first kappa shape index (κ1) is 29.4. The quantitative estimate of drug-likeness (QED) is 0.181. The van der Waals surface area contributed by atoms with Crippen molar-refractivity contribution in [1.29, 1.82) is 0 Å². The molecule has 4 heteroatoms. The van der Waals surface area contributed by atoms with Gasteiger partial charge in [-0.25, -0.2) is 0 Å². The predicted molar refractivity (Wildman–Crippen MR) is 220 cm³/mol. The number of thiophene rings is 1. The fourth-order valence-electron chi connectivity index (χ4n) is 8.23. The van der Waals surface area contributed by atoms with E-state index in [2.05, 4.69) is 157 Å². The smallest absolute Gasteiger partial charge is 0.159 e. The summed E-state index contributed by atoms with van der Waals surface area (Å²) in [6.45, 7) is 0. The summed E-state index contributed by atoms with van der Waals surface area (Å²) >= 11 is 1.86. The number of fused-ring (bicyclic) bond motifs is 9. The number of rotatable bonds is 5. The molecule has 11 rings (SSSR count). The highest BCUT2D eigenvalue weighted by Crippen LogP contribution is 2.50. The maximum atomic E-state index is 7.23. The zero-order chi connectivity index (χ0) is 34.2. The van der Waals surface area contributed by atoms with Crippen molar-refractivity contribution in [3.63, 3.8) is 0 Å². The van der Waals surface area contributed by atoms with Crippen LogP contribution >= 0.6 is 11.3 Å². The molecule has 10 aromatic rings. The van der Waals surface area contributed by atoms with E-state index in [4.69, 9.17) is 8.83 Å². The lowest BCUT2D eigenvalue weighted by atomic mass is 9.94. The molecule has 0 N–H and O–H groups in total. The molecule has 0 fully saturated rings. The van der Waals surface area contributed by atoms with E-state index in [0.29, 0.717) is 0 Å². The Balaban J connectivity index is 1.21. The van der Waals surface area contributed by atoms with Crippen molar-refractivity contribution in [3.05, 3.63) is 175 Å². The Hall–Kier alpha value is -6.36. The molecule has 0 saturated carbocycles. The van der Waals surface area contributed by atoms with E-state index >= 15 is 0 Å². The van der Waals surface area contributed by atoms with Gasteiger partial charge in [-0.05, 0) is 65.9 Å². The molecule has 0 unspecified atom stereocenters. The predicted octanol–water partition coefficient (Wildman–Crippen LogP) is 14.4. The highest BCUT2D eigenvalue weighted by Gasteiger charge is 2.27. The van der Waals surface area contributed by atoms with Crippen LogP contribution in [-0.2, 0) is 0 Å². The summed E-state index contributed by atoms with van der Waals surface area (Å²) in [4.78, 5) is 2.46. The van der Waals surface area contributed by atoms with Gasteiger partial charge in [-0.1, -0.05) is 127 Å². The summed E-state index contributed by atoms with van der Waals surface area (Å²) < 4.78 is 16.3. The van der Waals surface area contributed by atoms with Crippen LogP contribution in [0.2, 0.25) is 0 Å². The first-order valence-electron chi connectivity index (χ1n) is 17.8. The van der Waals surface area contributed by atoms with E-state index < -0.39 is 0 Å². The van der Waals surface area contributed by atoms with Crippen molar-refractivity contribution in [2.24, 2.45) is 0 Å². The first-order valence-corrected chi connectivity index (χ1v) is 18.6. The Labute approximate surface area is 303 Å². The number of furan rings is 2. The average molecular weight is 686 g/mol. The van der Waals surface area contributed by atoms with Crippen molar-refractivity contribution in [2.75, 3.05) is 4.90 Å². The van der Waals surface area contributed by atoms with Gasteiger partial charge in [0.15, 0.2) is 5.58 Å². The first-order chi connectivity index (χ1) is 25.8. The third-order valence-corrected chi connectivity index (χ3v) is 11.8. The number of anilines is 2. The van der Waals surface area contributed by atoms with E-state index in [1.165, 1.54) is 37.0 Å². The molecular weight excluding hydrogens is 655 g/mol. The standard InChI is InChI=1S/C48H31NO2S/c1-3-13-30(14-4-1)31-25-27-33(28-26-31)49(40-22-12-20-36-34-17-8-10-24-43(34)52-48(36)40)39-21-11-19-35-38-29-42-45(37-18-7-9-23-41(37)50-42)44(47(38)51-46(35)39)32-15-5-2-6-16-32/h1-25,27,29H,26,28H2. The largest absolute Gasteiger partial charge is 0.456 e. The summed E-state index contributed by atoms with van der Waals surface area (Å²) in [6, 6.07) is 53.8. The van der Waals surface area contributed by atoms with Gasteiger partial charge in [0.2, 0.25) is 0 Å². The number of hydrogen-bond donors (Lipinski definition) is 0. The maximum absolute atomic E-state index is 7.23. The van der Waals surface area contributed by atoms with Gasteiger partial charge in [-0.3, -0.25) is 0 Å². The molecule has 7 aromatic carbocycles. The lowest BCUT2D eigenvalue weighted by molar-refractivity contribution is 0.664. The highest BCUT2D eigenvalue weighted by molar-refractivity contribution is 7.26. The van der Waals surface area contributed by atoms with Crippen molar-refractivity contribution in [2.45, 2.75) is 12.8 Å². The van der Waals surface area contributed by atoms with E-state index in [9.17, 15) is 0 Å². The van der Waals surface area contributed by atoms with Crippen LogP contribution in [0.15, 0.2) is 178 Å².